The predicted octanol–water partition coefficient (Wildman–Crippen LogP) is 3.96. The Hall–Kier alpha value is -0.960. The standard InChI is InChI=1S/C15H18INO2/c1-2-15(11-17,8-5-9-16)14-10-18-12-6-3-4-7-13(12)19-14/h3-4,6-7,14H,2,5,8-10H2,1H3. The number of nitriles is 1. The second-order valence-corrected chi connectivity index (χ2v) is 5.86. The maximum atomic E-state index is 9.62. The molecule has 0 N–H and O–H groups in total. The van der Waals surface area contributed by atoms with Crippen molar-refractivity contribution in [1.82, 2.24) is 0 Å². The summed E-state index contributed by atoms with van der Waals surface area (Å²) in [7, 11) is 0. The molecular weight excluding hydrogens is 353 g/mol. The normalized spacial score (nSPS) is 20.4. The van der Waals surface area contributed by atoms with Crippen molar-refractivity contribution in [1.29, 1.82) is 5.26 Å². The topological polar surface area (TPSA) is 42.2 Å². The predicted molar refractivity (Wildman–Crippen MR) is 82.8 cm³/mol. The van der Waals surface area contributed by atoms with E-state index in [-0.39, 0.29) is 6.10 Å². The van der Waals surface area contributed by atoms with Crippen LogP contribution in [0.3, 0.4) is 0 Å². The van der Waals surface area contributed by atoms with Crippen molar-refractivity contribution in [3.05, 3.63) is 24.3 Å². The quantitative estimate of drug-likeness (QED) is 0.581. The third-order valence-corrected chi connectivity index (χ3v) is 4.50. The third-order valence-electron chi connectivity index (χ3n) is 3.74. The fraction of sp³-hybridized carbons (Fsp3) is 0.533. The van der Waals surface area contributed by atoms with Gasteiger partial charge in [0.2, 0.25) is 0 Å². The van der Waals surface area contributed by atoms with Gasteiger partial charge in [-0.15, -0.1) is 0 Å². The highest BCUT2D eigenvalue weighted by atomic mass is 127. The smallest absolute Gasteiger partial charge is 0.161 e. The van der Waals surface area contributed by atoms with Crippen LogP contribution in [0.1, 0.15) is 26.2 Å². The van der Waals surface area contributed by atoms with Crippen LogP contribution in [-0.4, -0.2) is 17.1 Å². The summed E-state index contributed by atoms with van der Waals surface area (Å²) in [5, 5.41) is 9.62. The summed E-state index contributed by atoms with van der Waals surface area (Å²) in [6.45, 7) is 2.51. The number of halogens is 1. The van der Waals surface area contributed by atoms with E-state index >= 15 is 0 Å². The second-order valence-electron chi connectivity index (χ2n) is 4.78. The van der Waals surface area contributed by atoms with Crippen molar-refractivity contribution in [3.8, 4) is 17.6 Å². The van der Waals surface area contributed by atoms with Crippen LogP contribution in [0.25, 0.3) is 0 Å². The minimum absolute atomic E-state index is 0.180. The molecule has 1 aromatic carbocycles. The van der Waals surface area contributed by atoms with Crippen molar-refractivity contribution < 1.29 is 9.47 Å². The first-order valence-corrected chi connectivity index (χ1v) is 8.14. The summed E-state index contributed by atoms with van der Waals surface area (Å²) >= 11 is 2.35. The zero-order valence-corrected chi connectivity index (χ0v) is 13.2. The van der Waals surface area contributed by atoms with Gasteiger partial charge < -0.3 is 9.47 Å². The van der Waals surface area contributed by atoms with Gasteiger partial charge >= 0.3 is 0 Å². The number of fused-ring (bicyclic) bond motifs is 1. The lowest BCUT2D eigenvalue weighted by atomic mass is 9.77. The molecule has 102 valence electrons. The van der Waals surface area contributed by atoms with Gasteiger partial charge in [0.1, 0.15) is 6.61 Å². The summed E-state index contributed by atoms with van der Waals surface area (Å²) in [6, 6.07) is 10.1. The first kappa shape index (κ1) is 14.4. The summed E-state index contributed by atoms with van der Waals surface area (Å²) in [4.78, 5) is 0. The van der Waals surface area contributed by atoms with Gasteiger partial charge in [-0.1, -0.05) is 41.6 Å². The van der Waals surface area contributed by atoms with Gasteiger partial charge in [0.05, 0.1) is 11.5 Å². The largest absolute Gasteiger partial charge is 0.486 e. The molecule has 1 heterocycles. The average Bonchev–Trinajstić information content (AvgIpc) is 2.49. The Labute approximate surface area is 128 Å². The number of nitrogens with zero attached hydrogens (tertiary/aromatic N) is 1. The zero-order chi connectivity index (χ0) is 13.7. The number of rotatable bonds is 5. The van der Waals surface area contributed by atoms with E-state index in [4.69, 9.17) is 9.47 Å². The Morgan fingerprint density at radius 2 is 2.16 bits per heavy atom. The molecule has 0 aliphatic carbocycles. The van der Waals surface area contributed by atoms with Gasteiger partial charge in [0.25, 0.3) is 0 Å². The Morgan fingerprint density at radius 1 is 1.42 bits per heavy atom. The number of hydrogen-bond acceptors (Lipinski definition) is 3. The van der Waals surface area contributed by atoms with Crippen LogP contribution in [0.2, 0.25) is 0 Å². The van der Waals surface area contributed by atoms with Crippen molar-refractivity contribution in [2.24, 2.45) is 5.41 Å². The summed E-state index contributed by atoms with van der Waals surface area (Å²) in [5.74, 6) is 1.52. The molecule has 0 amide bonds. The molecule has 1 aliphatic heterocycles. The number of hydrogen-bond donors (Lipinski definition) is 0. The van der Waals surface area contributed by atoms with Gasteiger partial charge in [0.15, 0.2) is 17.6 Å². The van der Waals surface area contributed by atoms with E-state index in [2.05, 4.69) is 35.6 Å². The Balaban J connectivity index is 2.19. The molecule has 2 atom stereocenters. The highest BCUT2D eigenvalue weighted by Crippen LogP contribution is 2.40. The van der Waals surface area contributed by atoms with Gasteiger partial charge in [-0.3, -0.25) is 0 Å². The van der Waals surface area contributed by atoms with E-state index in [1.54, 1.807) is 0 Å². The maximum absolute atomic E-state index is 9.62. The van der Waals surface area contributed by atoms with E-state index in [1.807, 2.05) is 24.3 Å². The molecule has 0 radical (unpaired) electrons. The van der Waals surface area contributed by atoms with Gasteiger partial charge in [-0.2, -0.15) is 5.26 Å². The molecule has 0 fully saturated rings. The lowest BCUT2D eigenvalue weighted by Gasteiger charge is -2.37. The molecule has 2 rings (SSSR count). The fourth-order valence-corrected chi connectivity index (χ4v) is 2.83. The molecule has 2 unspecified atom stereocenters. The first-order valence-electron chi connectivity index (χ1n) is 6.61. The summed E-state index contributed by atoms with van der Waals surface area (Å²) < 4.78 is 12.8. The average molecular weight is 371 g/mol. The van der Waals surface area contributed by atoms with Crippen molar-refractivity contribution in [3.63, 3.8) is 0 Å². The summed E-state index contributed by atoms with van der Waals surface area (Å²) in [5.41, 5.74) is -0.446. The van der Waals surface area contributed by atoms with Crippen LogP contribution in [0, 0.1) is 16.7 Å². The Kier molecular flexibility index (Phi) is 4.92. The molecule has 3 nitrogen and oxygen atoms in total. The molecule has 0 bridgehead atoms. The van der Waals surface area contributed by atoms with Gasteiger partial charge in [-0.05, 0) is 35.8 Å². The van der Waals surface area contributed by atoms with Crippen LogP contribution in [0.5, 0.6) is 11.5 Å². The SMILES string of the molecule is CCC(C#N)(CCCI)C1COc2ccccc2O1. The van der Waals surface area contributed by atoms with Crippen molar-refractivity contribution in [2.75, 3.05) is 11.0 Å². The number of para-hydroxylation sites is 2. The molecule has 1 aliphatic rings. The van der Waals surface area contributed by atoms with E-state index in [1.165, 1.54) is 0 Å². The monoisotopic (exact) mass is 371 g/mol. The molecule has 0 saturated carbocycles. The van der Waals surface area contributed by atoms with Crippen molar-refractivity contribution >= 4 is 22.6 Å². The number of ether oxygens (including phenoxy) is 2. The highest BCUT2D eigenvalue weighted by molar-refractivity contribution is 14.1. The van der Waals surface area contributed by atoms with E-state index in [9.17, 15) is 5.26 Å². The van der Waals surface area contributed by atoms with E-state index in [0.29, 0.717) is 6.61 Å². The number of benzene rings is 1. The second kappa shape index (κ2) is 6.47. The molecule has 19 heavy (non-hydrogen) atoms. The van der Waals surface area contributed by atoms with E-state index in [0.717, 1.165) is 35.2 Å². The lowest BCUT2D eigenvalue weighted by molar-refractivity contribution is 0.0106. The fourth-order valence-electron chi connectivity index (χ4n) is 2.45. The third kappa shape index (κ3) is 2.97. The van der Waals surface area contributed by atoms with Gasteiger partial charge in [-0.25, -0.2) is 0 Å². The summed E-state index contributed by atoms with van der Waals surface area (Å²) in [6.07, 6.45) is 2.50. The highest BCUT2D eigenvalue weighted by Gasteiger charge is 2.41. The van der Waals surface area contributed by atoms with E-state index < -0.39 is 5.41 Å². The van der Waals surface area contributed by atoms with Crippen molar-refractivity contribution in [2.45, 2.75) is 32.3 Å². The van der Waals surface area contributed by atoms with Crippen LogP contribution in [0.4, 0.5) is 0 Å². The molecule has 0 saturated heterocycles. The van der Waals surface area contributed by atoms with Gasteiger partial charge in [0, 0.05) is 0 Å². The molecular formula is C15H18INO2. The van der Waals surface area contributed by atoms with Crippen LogP contribution in [-0.2, 0) is 0 Å². The minimum atomic E-state index is -0.446. The molecule has 0 spiro atoms. The minimum Gasteiger partial charge on any atom is -0.486 e. The zero-order valence-electron chi connectivity index (χ0n) is 11.1. The lowest BCUT2D eigenvalue weighted by Crippen LogP contribution is -2.44. The van der Waals surface area contributed by atoms with Crippen LogP contribution in [0.15, 0.2) is 24.3 Å². The molecule has 1 aromatic rings. The Morgan fingerprint density at radius 3 is 2.79 bits per heavy atom. The number of alkyl halides is 1. The molecule has 4 heteroatoms. The maximum Gasteiger partial charge on any atom is 0.161 e. The van der Waals surface area contributed by atoms with Crippen LogP contribution < -0.4 is 9.47 Å². The first-order chi connectivity index (χ1) is 9.25. The Bertz CT molecular complexity index is 471. The molecule has 0 aromatic heterocycles. The van der Waals surface area contributed by atoms with Crippen LogP contribution >= 0.6 is 22.6 Å².